The van der Waals surface area contributed by atoms with Crippen LogP contribution in [0.25, 0.3) is 0 Å². The van der Waals surface area contributed by atoms with Crippen molar-refractivity contribution in [1.82, 2.24) is 14.8 Å². The molecule has 0 spiro atoms. The maximum Gasteiger partial charge on any atom is 0.267 e. The van der Waals surface area contributed by atoms with Gasteiger partial charge in [0.25, 0.3) is 11.8 Å². The highest BCUT2D eigenvalue weighted by molar-refractivity contribution is 7.13. The number of pyridine rings is 1. The molecule has 1 aliphatic rings. The second kappa shape index (κ2) is 14.6. The van der Waals surface area contributed by atoms with Gasteiger partial charge in [-0.25, -0.2) is 4.98 Å². The van der Waals surface area contributed by atoms with Crippen LogP contribution in [-0.4, -0.2) is 87.1 Å². The third-order valence-electron chi connectivity index (χ3n) is 6.48. The van der Waals surface area contributed by atoms with E-state index >= 15 is 0 Å². The van der Waals surface area contributed by atoms with E-state index in [0.29, 0.717) is 70.0 Å². The van der Waals surface area contributed by atoms with E-state index in [1.807, 2.05) is 17.3 Å². The molecule has 3 aromatic rings. The minimum absolute atomic E-state index is 0.192. The molecule has 2 N–H and O–H groups in total. The molecule has 13 heteroatoms. The van der Waals surface area contributed by atoms with Gasteiger partial charge in [-0.05, 0) is 75.9 Å². The van der Waals surface area contributed by atoms with Crippen LogP contribution in [0.3, 0.4) is 0 Å². The van der Waals surface area contributed by atoms with Crippen LogP contribution in [0.1, 0.15) is 32.0 Å². The molecular formula is C28H33Cl3N6O3S. The van der Waals surface area contributed by atoms with Gasteiger partial charge in [0.05, 0.1) is 40.2 Å². The molecule has 0 saturated carbocycles. The van der Waals surface area contributed by atoms with Gasteiger partial charge in [-0.1, -0.05) is 34.8 Å². The van der Waals surface area contributed by atoms with E-state index in [2.05, 4.69) is 39.5 Å². The molecule has 1 saturated heterocycles. The van der Waals surface area contributed by atoms with Crippen LogP contribution < -0.4 is 15.5 Å². The van der Waals surface area contributed by atoms with Crippen LogP contribution in [-0.2, 0) is 11.3 Å². The fraction of sp³-hybridized carbons (Fsp3) is 0.393. The molecule has 41 heavy (non-hydrogen) atoms. The molecule has 9 nitrogen and oxygen atoms in total. The number of anilines is 3. The summed E-state index contributed by atoms with van der Waals surface area (Å²) in [5.74, 6) is -0.577. The lowest BCUT2D eigenvalue weighted by Gasteiger charge is -2.31. The van der Waals surface area contributed by atoms with E-state index in [1.165, 1.54) is 23.6 Å². The Kier molecular flexibility index (Phi) is 11.2. The number of aromatic nitrogens is 1. The van der Waals surface area contributed by atoms with E-state index in [-0.39, 0.29) is 5.56 Å². The molecule has 0 atom stereocenters. The first-order chi connectivity index (χ1) is 19.6. The topological polar surface area (TPSA) is 90.0 Å². The molecule has 0 radical (unpaired) electrons. The Balaban J connectivity index is 1.60. The molecule has 4 rings (SSSR count). The van der Waals surface area contributed by atoms with Crippen molar-refractivity contribution in [3.63, 3.8) is 0 Å². The number of nitrogens with zero attached hydrogens (tertiary/aromatic N) is 4. The summed E-state index contributed by atoms with van der Waals surface area (Å²) in [5.41, 5.74) is 2.03. The van der Waals surface area contributed by atoms with Crippen molar-refractivity contribution < 1.29 is 14.3 Å². The quantitative estimate of drug-likeness (QED) is 0.273. The molecule has 2 amide bonds. The highest BCUT2D eigenvalue weighted by atomic mass is 35.5. The second-order valence-electron chi connectivity index (χ2n) is 10.0. The summed E-state index contributed by atoms with van der Waals surface area (Å²) in [6, 6.07) is 6.48. The minimum atomic E-state index is -0.482. The zero-order chi connectivity index (χ0) is 29.5. The van der Waals surface area contributed by atoms with Crippen molar-refractivity contribution in [2.24, 2.45) is 0 Å². The first-order valence-corrected chi connectivity index (χ1v) is 15.1. The van der Waals surface area contributed by atoms with Crippen LogP contribution in [0.5, 0.6) is 0 Å². The molecule has 1 aliphatic heterocycles. The molecule has 220 valence electrons. The van der Waals surface area contributed by atoms with Crippen LogP contribution in [0.4, 0.5) is 17.2 Å². The number of halogens is 3. The van der Waals surface area contributed by atoms with Gasteiger partial charge in [-0.2, -0.15) is 0 Å². The lowest BCUT2D eigenvalue weighted by atomic mass is 10.1. The summed E-state index contributed by atoms with van der Waals surface area (Å²) in [4.78, 5) is 38.0. The summed E-state index contributed by atoms with van der Waals surface area (Å²) in [5, 5.41) is 8.85. The average molecular weight is 640 g/mol. The average Bonchev–Trinajstić information content (AvgIpc) is 3.30. The van der Waals surface area contributed by atoms with Crippen molar-refractivity contribution in [2.45, 2.75) is 13.0 Å². The number of hydrogen-bond donors (Lipinski definition) is 2. The number of rotatable bonds is 11. The summed E-state index contributed by atoms with van der Waals surface area (Å²) >= 11 is 20.4. The Morgan fingerprint density at radius 1 is 1.02 bits per heavy atom. The number of ether oxygens (including phenoxy) is 1. The highest BCUT2D eigenvalue weighted by Gasteiger charge is 2.26. The van der Waals surface area contributed by atoms with Crippen molar-refractivity contribution >= 4 is 75.1 Å². The Bertz CT molecular complexity index is 1360. The van der Waals surface area contributed by atoms with Gasteiger partial charge in [-0.15, -0.1) is 11.3 Å². The Morgan fingerprint density at radius 2 is 1.78 bits per heavy atom. The zero-order valence-electron chi connectivity index (χ0n) is 23.2. The Labute approximate surface area is 259 Å². The van der Waals surface area contributed by atoms with Gasteiger partial charge < -0.3 is 30.1 Å². The van der Waals surface area contributed by atoms with E-state index in [4.69, 9.17) is 39.5 Å². The van der Waals surface area contributed by atoms with Crippen LogP contribution in [0.15, 0.2) is 35.8 Å². The summed E-state index contributed by atoms with van der Waals surface area (Å²) in [7, 11) is 6.14. The number of morpholine rings is 1. The first kappa shape index (κ1) is 31.5. The standard InChI is InChI=1S/C28H33Cl3N6O3S/c1-35(2)7-4-8-36(3)16-18-17-41-26(24(18)31)28(39)34-25-21(27(38)33-23-6-5-19(29)15-32-23)13-20(30)14-22(25)37-9-11-40-12-10-37/h5-6,13-15,17H,4,7-12,16H2,1-3H3,(H,34,39)(H,32,33,38). The van der Waals surface area contributed by atoms with Gasteiger partial charge in [-0.3, -0.25) is 9.59 Å². The van der Waals surface area contributed by atoms with Gasteiger partial charge in [0.2, 0.25) is 0 Å². The number of amides is 2. The third-order valence-corrected chi connectivity index (χ3v) is 8.49. The normalized spacial score (nSPS) is 13.6. The number of carbonyl (C=O) groups excluding carboxylic acids is 2. The summed E-state index contributed by atoms with van der Waals surface area (Å²) in [6.45, 7) is 4.70. The van der Waals surface area contributed by atoms with Crippen molar-refractivity contribution in [1.29, 1.82) is 0 Å². The van der Waals surface area contributed by atoms with Crippen molar-refractivity contribution in [3.05, 3.63) is 66.9 Å². The fourth-order valence-electron chi connectivity index (χ4n) is 4.43. The van der Waals surface area contributed by atoms with Gasteiger partial charge in [0.1, 0.15) is 10.7 Å². The number of nitrogens with one attached hydrogen (secondary N) is 2. The molecule has 1 fully saturated rings. The van der Waals surface area contributed by atoms with Crippen LogP contribution in [0, 0.1) is 0 Å². The lowest BCUT2D eigenvalue weighted by Crippen LogP contribution is -2.37. The van der Waals surface area contributed by atoms with Gasteiger partial charge >= 0.3 is 0 Å². The van der Waals surface area contributed by atoms with E-state index in [1.54, 1.807) is 18.2 Å². The number of thiophene rings is 1. The third kappa shape index (κ3) is 8.54. The molecule has 0 bridgehead atoms. The fourth-order valence-corrected chi connectivity index (χ4v) is 5.99. The van der Waals surface area contributed by atoms with E-state index in [9.17, 15) is 9.59 Å². The smallest absolute Gasteiger partial charge is 0.267 e. The number of benzene rings is 1. The monoisotopic (exact) mass is 638 g/mol. The number of hydrogen-bond acceptors (Lipinski definition) is 8. The predicted molar refractivity (Wildman–Crippen MR) is 168 cm³/mol. The van der Waals surface area contributed by atoms with Crippen molar-refractivity contribution in [3.8, 4) is 0 Å². The molecule has 0 unspecified atom stereocenters. The maximum absolute atomic E-state index is 13.6. The van der Waals surface area contributed by atoms with Crippen LogP contribution in [0.2, 0.25) is 15.1 Å². The van der Waals surface area contributed by atoms with Gasteiger partial charge in [0.15, 0.2) is 0 Å². The molecule has 0 aliphatic carbocycles. The van der Waals surface area contributed by atoms with E-state index in [0.717, 1.165) is 25.1 Å². The van der Waals surface area contributed by atoms with Gasteiger partial charge in [0, 0.05) is 30.9 Å². The van der Waals surface area contributed by atoms with Crippen LogP contribution >= 0.6 is 46.1 Å². The van der Waals surface area contributed by atoms with E-state index < -0.39 is 11.8 Å². The molecule has 2 aromatic heterocycles. The largest absolute Gasteiger partial charge is 0.378 e. The SMILES string of the molecule is CN(C)CCCN(C)Cc1csc(C(=O)Nc2c(C(=O)Nc3ccc(Cl)cn3)cc(Cl)cc2N2CCOCC2)c1Cl. The summed E-state index contributed by atoms with van der Waals surface area (Å²) in [6.07, 6.45) is 2.46. The number of carbonyl (C=O) groups is 2. The molecule has 1 aromatic carbocycles. The Hall–Kier alpha value is -2.44. The zero-order valence-corrected chi connectivity index (χ0v) is 26.3. The molecular weight excluding hydrogens is 607 g/mol. The summed E-state index contributed by atoms with van der Waals surface area (Å²) < 4.78 is 5.51. The minimum Gasteiger partial charge on any atom is -0.378 e. The lowest BCUT2D eigenvalue weighted by molar-refractivity contribution is 0.102. The first-order valence-electron chi connectivity index (χ1n) is 13.1. The molecule has 3 heterocycles. The highest BCUT2D eigenvalue weighted by Crippen LogP contribution is 2.36. The second-order valence-corrected chi connectivity index (χ2v) is 12.1. The Morgan fingerprint density at radius 3 is 2.46 bits per heavy atom. The maximum atomic E-state index is 13.6. The predicted octanol–water partition coefficient (Wildman–Crippen LogP) is 5.83. The van der Waals surface area contributed by atoms with Crippen molar-refractivity contribution in [2.75, 3.05) is 76.1 Å².